The molecule has 1 saturated heterocycles. The summed E-state index contributed by atoms with van der Waals surface area (Å²) in [7, 11) is 0. The van der Waals surface area contributed by atoms with Gasteiger partial charge in [0, 0.05) is 26.2 Å². The Morgan fingerprint density at radius 3 is 2.87 bits per heavy atom. The van der Waals surface area contributed by atoms with Crippen LogP contribution in [0.4, 0.5) is 0 Å². The highest BCUT2D eigenvalue weighted by Gasteiger charge is 2.22. The highest BCUT2D eigenvalue weighted by Crippen LogP contribution is 2.24. The minimum absolute atomic E-state index is 0.0160. The largest absolute Gasteiger partial charge is 0.374 e. The van der Waals surface area contributed by atoms with E-state index in [-0.39, 0.29) is 12.0 Å². The second kappa shape index (κ2) is 10.4. The topological polar surface area (TPSA) is 72.3 Å². The number of rotatable bonds is 8. The molecule has 1 fully saturated rings. The van der Waals surface area contributed by atoms with E-state index in [1.165, 1.54) is 17.3 Å². The third kappa shape index (κ3) is 6.06. The number of ether oxygens (including phenoxy) is 1. The summed E-state index contributed by atoms with van der Waals surface area (Å²) in [5.41, 5.74) is 3.38. The number of nitrogens with zero attached hydrogens (tertiary/aromatic N) is 4. The summed E-state index contributed by atoms with van der Waals surface area (Å²) in [5, 5.41) is 12.3. The first-order valence-corrected chi connectivity index (χ1v) is 11.5. The Kier molecular flexibility index (Phi) is 7.91. The fourth-order valence-corrected chi connectivity index (χ4v) is 4.49. The lowest BCUT2D eigenvalue weighted by atomic mass is 10.1. The van der Waals surface area contributed by atoms with Crippen LogP contribution in [0.3, 0.4) is 0 Å². The summed E-state index contributed by atoms with van der Waals surface area (Å²) in [5.74, 6) is 1.73. The number of aryl methyl sites for hydroxylation is 3. The van der Waals surface area contributed by atoms with Crippen LogP contribution in [0.2, 0.25) is 0 Å². The molecule has 8 heteroatoms. The molecule has 0 saturated carbocycles. The van der Waals surface area contributed by atoms with Crippen molar-refractivity contribution < 1.29 is 9.53 Å². The van der Waals surface area contributed by atoms with Gasteiger partial charge in [-0.25, -0.2) is 0 Å². The third-order valence-electron chi connectivity index (χ3n) is 5.11. The van der Waals surface area contributed by atoms with E-state index in [4.69, 9.17) is 4.74 Å². The molecule has 2 aromatic rings. The quantitative estimate of drug-likeness (QED) is 0.648. The molecule has 0 aliphatic carbocycles. The maximum absolute atomic E-state index is 12.4. The monoisotopic (exact) mass is 431 g/mol. The third-order valence-corrected chi connectivity index (χ3v) is 6.04. The van der Waals surface area contributed by atoms with Crippen LogP contribution in [0.15, 0.2) is 23.4 Å². The van der Waals surface area contributed by atoms with Crippen molar-refractivity contribution in [1.82, 2.24) is 25.0 Å². The van der Waals surface area contributed by atoms with Gasteiger partial charge in [0.2, 0.25) is 5.91 Å². The van der Waals surface area contributed by atoms with E-state index in [0.717, 1.165) is 48.5 Å². The van der Waals surface area contributed by atoms with Crippen molar-refractivity contribution in [3.05, 3.63) is 35.2 Å². The van der Waals surface area contributed by atoms with Crippen molar-refractivity contribution in [2.24, 2.45) is 5.92 Å². The van der Waals surface area contributed by atoms with Gasteiger partial charge in [-0.05, 0) is 43.9 Å². The number of amides is 1. The van der Waals surface area contributed by atoms with E-state index in [1.807, 2.05) is 11.5 Å². The number of aromatic nitrogens is 3. The number of benzene rings is 1. The van der Waals surface area contributed by atoms with E-state index in [9.17, 15) is 4.79 Å². The highest BCUT2D eigenvalue weighted by molar-refractivity contribution is 7.99. The number of thioether (sulfide) groups is 1. The van der Waals surface area contributed by atoms with Crippen LogP contribution in [0.1, 0.15) is 30.8 Å². The van der Waals surface area contributed by atoms with E-state index >= 15 is 0 Å². The van der Waals surface area contributed by atoms with Crippen molar-refractivity contribution >= 4 is 17.7 Å². The van der Waals surface area contributed by atoms with Crippen molar-refractivity contribution in [1.29, 1.82) is 0 Å². The molecule has 1 aromatic carbocycles. The standard InChI is InChI=1S/C22H33N5O2S/c1-15(2)12-26-8-9-29-19(13-26)11-23-21(28)14-30-22-25-24-18(5)27(22)20-10-16(3)6-7-17(20)4/h6-7,10,15,19H,8-9,11-14H2,1-5H3,(H,23,28). The van der Waals surface area contributed by atoms with Gasteiger partial charge in [0.25, 0.3) is 0 Å². The lowest BCUT2D eigenvalue weighted by Gasteiger charge is -2.33. The van der Waals surface area contributed by atoms with E-state index in [1.54, 1.807) is 0 Å². The van der Waals surface area contributed by atoms with Crippen LogP contribution in [0.25, 0.3) is 5.69 Å². The van der Waals surface area contributed by atoms with E-state index < -0.39 is 0 Å². The Morgan fingerprint density at radius 2 is 2.10 bits per heavy atom. The van der Waals surface area contributed by atoms with E-state index in [2.05, 4.69) is 66.3 Å². The first-order valence-electron chi connectivity index (χ1n) is 10.6. The summed E-state index contributed by atoms with van der Waals surface area (Å²) in [4.78, 5) is 14.8. The Bertz CT molecular complexity index is 867. The zero-order valence-corrected chi connectivity index (χ0v) is 19.5. The second-order valence-corrected chi connectivity index (χ2v) is 9.34. The predicted octanol–water partition coefficient (Wildman–Crippen LogP) is 2.76. The van der Waals surface area contributed by atoms with Gasteiger partial charge in [-0.1, -0.05) is 37.7 Å². The Labute approximate surface area is 183 Å². The maximum Gasteiger partial charge on any atom is 0.230 e. The number of carbonyl (C=O) groups excluding carboxylic acids is 1. The molecule has 1 atom stereocenters. The van der Waals surface area contributed by atoms with Gasteiger partial charge >= 0.3 is 0 Å². The molecular formula is C22H33N5O2S. The summed E-state index contributed by atoms with van der Waals surface area (Å²) in [6.45, 7) is 14.7. The average Bonchev–Trinajstić information content (AvgIpc) is 3.06. The van der Waals surface area contributed by atoms with Gasteiger partial charge in [-0.2, -0.15) is 0 Å². The van der Waals surface area contributed by atoms with Gasteiger partial charge in [-0.15, -0.1) is 10.2 Å². The first kappa shape index (κ1) is 22.8. The van der Waals surface area contributed by atoms with Crippen molar-refractivity contribution in [2.75, 3.05) is 38.5 Å². The van der Waals surface area contributed by atoms with Crippen LogP contribution in [0.5, 0.6) is 0 Å². The van der Waals surface area contributed by atoms with Gasteiger partial charge in [-0.3, -0.25) is 14.3 Å². The van der Waals surface area contributed by atoms with Crippen LogP contribution in [0, 0.1) is 26.7 Å². The molecule has 1 aromatic heterocycles. The fourth-order valence-electron chi connectivity index (χ4n) is 3.67. The lowest BCUT2D eigenvalue weighted by molar-refractivity contribution is -0.119. The smallest absolute Gasteiger partial charge is 0.230 e. The Hall–Kier alpha value is -1.90. The minimum atomic E-state index is -0.0160. The van der Waals surface area contributed by atoms with Crippen LogP contribution >= 0.6 is 11.8 Å². The molecular weight excluding hydrogens is 398 g/mol. The SMILES string of the molecule is Cc1ccc(C)c(-n2c(C)nnc2SCC(=O)NCC2CN(CC(C)C)CCO2)c1. The Balaban J connectivity index is 1.54. The fraction of sp³-hybridized carbons (Fsp3) is 0.591. The molecule has 7 nitrogen and oxygen atoms in total. The van der Waals surface area contributed by atoms with Crippen LogP contribution in [-0.4, -0.2) is 70.2 Å². The molecule has 0 bridgehead atoms. The molecule has 2 heterocycles. The zero-order valence-electron chi connectivity index (χ0n) is 18.6. The molecule has 0 spiro atoms. The summed E-state index contributed by atoms with van der Waals surface area (Å²) in [6, 6.07) is 6.31. The normalized spacial score (nSPS) is 17.5. The lowest BCUT2D eigenvalue weighted by Crippen LogP contribution is -2.48. The minimum Gasteiger partial charge on any atom is -0.374 e. The second-order valence-electron chi connectivity index (χ2n) is 8.39. The highest BCUT2D eigenvalue weighted by atomic mass is 32.2. The Morgan fingerprint density at radius 1 is 1.30 bits per heavy atom. The van der Waals surface area contributed by atoms with Gasteiger partial charge in [0.15, 0.2) is 5.16 Å². The molecule has 1 aliphatic rings. The molecule has 1 amide bonds. The van der Waals surface area contributed by atoms with Crippen LogP contribution < -0.4 is 5.32 Å². The van der Waals surface area contributed by atoms with E-state index in [0.29, 0.717) is 18.2 Å². The van der Waals surface area contributed by atoms with Gasteiger partial charge in [0.1, 0.15) is 5.82 Å². The number of hydrogen-bond donors (Lipinski definition) is 1. The molecule has 1 N–H and O–H groups in total. The summed E-state index contributed by atoms with van der Waals surface area (Å²) >= 11 is 1.41. The molecule has 3 rings (SSSR count). The number of hydrogen-bond acceptors (Lipinski definition) is 6. The molecule has 30 heavy (non-hydrogen) atoms. The average molecular weight is 432 g/mol. The summed E-state index contributed by atoms with van der Waals surface area (Å²) in [6.07, 6.45) is 0.0484. The summed E-state index contributed by atoms with van der Waals surface area (Å²) < 4.78 is 7.84. The van der Waals surface area contributed by atoms with Crippen molar-refractivity contribution in [2.45, 2.75) is 45.9 Å². The molecule has 1 unspecified atom stereocenters. The first-order chi connectivity index (χ1) is 14.3. The molecule has 0 radical (unpaired) electrons. The number of nitrogens with one attached hydrogen (secondary N) is 1. The zero-order chi connectivity index (χ0) is 21.7. The number of morpholine rings is 1. The number of carbonyl (C=O) groups is 1. The predicted molar refractivity (Wildman–Crippen MR) is 120 cm³/mol. The maximum atomic E-state index is 12.4. The van der Waals surface area contributed by atoms with Crippen molar-refractivity contribution in [3.8, 4) is 5.69 Å². The molecule has 1 aliphatic heterocycles. The van der Waals surface area contributed by atoms with Gasteiger partial charge < -0.3 is 10.1 Å². The van der Waals surface area contributed by atoms with Gasteiger partial charge in [0.05, 0.1) is 24.2 Å². The van der Waals surface area contributed by atoms with Crippen molar-refractivity contribution in [3.63, 3.8) is 0 Å². The molecule has 164 valence electrons. The van der Waals surface area contributed by atoms with Crippen LogP contribution in [-0.2, 0) is 9.53 Å².